The van der Waals surface area contributed by atoms with Gasteiger partial charge in [0, 0.05) is 12.4 Å². The minimum absolute atomic E-state index is 0.0111. The van der Waals surface area contributed by atoms with Crippen LogP contribution in [0.5, 0.6) is 0 Å². The number of carbonyl (C=O) groups is 8. The summed E-state index contributed by atoms with van der Waals surface area (Å²) in [5.74, 6) is -8.82. The summed E-state index contributed by atoms with van der Waals surface area (Å²) in [5, 5.41) is 46.3. The van der Waals surface area contributed by atoms with Crippen molar-refractivity contribution in [2.45, 2.75) is 189 Å². The van der Waals surface area contributed by atoms with E-state index in [0.29, 0.717) is 56.4 Å². The number of nitrogens with one attached hydrogen (secondary N) is 1. The summed E-state index contributed by atoms with van der Waals surface area (Å²) in [4.78, 5) is 143. The van der Waals surface area contributed by atoms with Gasteiger partial charge in [-0.2, -0.15) is 0 Å². The van der Waals surface area contributed by atoms with Gasteiger partial charge in [0.15, 0.2) is 6.23 Å². The fourth-order valence-electron chi connectivity index (χ4n) is 16.2. The molecule has 16 N–H and O–H groups in total. The van der Waals surface area contributed by atoms with Crippen LogP contribution in [0.1, 0.15) is 161 Å². The molecule has 2 unspecified atom stereocenters. The average molecular weight is 1480 g/mol. The van der Waals surface area contributed by atoms with E-state index in [4.69, 9.17) is 68.3 Å². The molecule has 0 aliphatic carbocycles. The summed E-state index contributed by atoms with van der Waals surface area (Å²) >= 11 is 0.0230. The smallest absolute Gasteiger partial charge is 0.478 e. The van der Waals surface area contributed by atoms with E-state index >= 15 is 0 Å². The first-order chi connectivity index (χ1) is 47.6. The van der Waals surface area contributed by atoms with Crippen molar-refractivity contribution in [3.05, 3.63) is 94.0 Å². The molecule has 31 nitrogen and oxygen atoms in total. The molecule has 1 aromatic carbocycles. The zero-order valence-corrected chi connectivity index (χ0v) is 61.0. The van der Waals surface area contributed by atoms with Crippen molar-refractivity contribution >= 4 is 83.3 Å². The molecule has 9 rings (SSSR count). The van der Waals surface area contributed by atoms with Crippen LogP contribution in [0.4, 0.5) is 0 Å². The number of aromatic nitrogens is 3. The number of phosphoric ester groups is 1. The van der Waals surface area contributed by atoms with E-state index in [1.54, 1.807) is 43.8 Å². The Morgan fingerprint density at radius 2 is 1.44 bits per heavy atom. The number of imidazole rings is 1. The van der Waals surface area contributed by atoms with Crippen LogP contribution < -0.4 is 44.6 Å². The summed E-state index contributed by atoms with van der Waals surface area (Å²) in [6, 6.07) is 5.64. The van der Waals surface area contributed by atoms with Gasteiger partial charge in [-0.25, -0.2) is 9.78 Å². The molecule has 2 fully saturated rings. The van der Waals surface area contributed by atoms with Gasteiger partial charge in [-0.1, -0.05) is 0 Å². The summed E-state index contributed by atoms with van der Waals surface area (Å²) in [6.45, 7) is 18.8. The van der Waals surface area contributed by atoms with Crippen LogP contribution in [0.3, 0.4) is 0 Å². The first-order valence-corrected chi connectivity index (χ1v) is 35.9. The number of aliphatic hydroxyl groups excluding tert-OH is 2. The number of carbonyl (C=O) groups excluding carboxylic acids is 7. The number of primary amides is 6. The second-order valence-corrected chi connectivity index (χ2v) is 31.1. The summed E-state index contributed by atoms with van der Waals surface area (Å²) in [5.41, 5.74) is 36.6. The van der Waals surface area contributed by atoms with Gasteiger partial charge < -0.3 is 34.0 Å². The van der Waals surface area contributed by atoms with Gasteiger partial charge in [-0.05, 0) is 49.2 Å². The van der Waals surface area contributed by atoms with Crippen molar-refractivity contribution in [2.75, 3.05) is 13.2 Å². The maximum absolute atomic E-state index is 14.5. The van der Waals surface area contributed by atoms with Crippen molar-refractivity contribution in [3.63, 3.8) is 0 Å². The standard InChI is InChI=1S/C62H90N13O14P.C6H5NO2.CN.Co/c1-29-20-39-40(21-30(29)2)75(28-70-39)57-52(84)53(41(27-76)87-57)89-90(85,86)88-31(3)26-69-49(83)18-19-59(8)37(22-46(66)80)56-62(11)61(10,25-48(68)82)36(14-17-45(65)79)51(74-62)33(5)55-60(9,24-47(67)81)34(12-15-43(63)77)38(71-55)23-42-58(6,7)35(13-16-44(64)78)50(72-42)32(4)54(59)73-56;8-6(9)5-2-1-3-7-4-5;1-2;/h20-21,23,28,31,34-37,41,52-53,56-57,76,84H,12-19,22,24-27H2,1-11H3,(H15,63,64,65,66,67,68,69,71,72,73,74,77,78,79,80,81,82,83,85,86);1-4H,(H,8,9);;/q;;;+2/p-2/t31?,34-,35-,36-,37+,41-,52-,53-,56-,57+,59-,60+,61+,62+;;;/m1.../s1. The van der Waals surface area contributed by atoms with Crippen molar-refractivity contribution < 1.29 is 91.8 Å². The van der Waals surface area contributed by atoms with E-state index in [0.717, 1.165) is 11.1 Å². The average Bonchev–Trinajstić information content (AvgIpc) is 1.51. The zero-order chi connectivity index (χ0) is 75.7. The van der Waals surface area contributed by atoms with Gasteiger partial charge >= 0.3 is 423 Å². The van der Waals surface area contributed by atoms with E-state index in [2.05, 4.69) is 20.3 Å². The third-order valence-electron chi connectivity index (χ3n) is 21.7. The Hall–Kier alpha value is -8.38. The van der Waals surface area contributed by atoms with Crippen LogP contribution in [-0.2, 0) is 66.8 Å². The van der Waals surface area contributed by atoms with Gasteiger partial charge in [-0.3, -0.25) is 9.55 Å². The molecule has 0 spiro atoms. The van der Waals surface area contributed by atoms with Crippen LogP contribution in [-0.4, -0.2) is 147 Å². The number of rotatable bonds is 28. The van der Waals surface area contributed by atoms with Gasteiger partial charge in [0.05, 0.1) is 29.5 Å². The molecule has 2 aromatic heterocycles. The minimum Gasteiger partial charge on any atom is -0.478 e. The van der Waals surface area contributed by atoms with E-state index < -0.39 is 149 Å². The molecule has 2 saturated heterocycles. The summed E-state index contributed by atoms with van der Waals surface area (Å²) in [6.07, 6.45) is -2.54. The normalized spacial score (nSPS) is 31.4. The monoisotopic (exact) mass is 1480 g/mol. The number of aryl methyl sites for hydroxylation is 2. The van der Waals surface area contributed by atoms with Gasteiger partial charge in [-0.15, -0.1) is 0 Å². The number of allylic oxidation sites excluding steroid dienone is 6. The molecule has 0 radical (unpaired) electrons. The van der Waals surface area contributed by atoms with Crippen molar-refractivity contribution in [2.24, 2.45) is 94.7 Å². The molecular formula is C69H93CoN15O16P. The molecule has 8 heterocycles. The third kappa shape index (κ3) is 15.7. The van der Waals surface area contributed by atoms with Gasteiger partial charge in [0.2, 0.25) is 0 Å². The predicted molar refractivity (Wildman–Crippen MR) is 367 cm³/mol. The molecule has 554 valence electrons. The number of hydrogen-bond acceptors (Lipinski definition) is 22. The zero-order valence-electron chi connectivity index (χ0n) is 59.1. The number of carboxylic acid groups (broad SMARTS) is 1. The van der Waals surface area contributed by atoms with Crippen LogP contribution in [0.15, 0.2) is 92.3 Å². The number of nitriles is 1. The molecule has 8 bridgehead atoms. The summed E-state index contributed by atoms with van der Waals surface area (Å²) < 4.78 is 33.7. The molecule has 33 heteroatoms. The molecule has 0 saturated carbocycles. The Morgan fingerprint density at radius 1 is 0.824 bits per heavy atom. The van der Waals surface area contributed by atoms with E-state index in [-0.39, 0.29) is 97.6 Å². The SMILES string of the molecule is C/C1=C2N=C(/C=C3N=C(/C(C)=C4/[C@@H](CCC(N)=O)[C@](C)(CC(N)=O)[C@](C)([C@@H]5N=C1[C@](C)(CCC(=O)NCC(C)OP(=O)([O-])O[C@H]1[C@@H](O)[C@@H](n6cnc7cc(C)c(C)cc76)O[C@@H]1CO)[C@H]5CC(N)=O)[N]4[Co+][C]#N)[C@@](C)(CC(N)=O)[C@@H]\3CCC(N)=O)C(C)(C)[C@@H]/2CCC(N)=O.O=C(O)c1cccnc1. The fourth-order valence-corrected chi connectivity index (χ4v) is 18.5. The Morgan fingerprint density at radius 3 is 2.00 bits per heavy atom. The molecule has 6 aliphatic rings. The van der Waals surface area contributed by atoms with Crippen molar-refractivity contribution in [1.29, 1.82) is 5.26 Å². The molecular weight excluding hydrogens is 1380 g/mol. The topological polar surface area (TPSA) is 528 Å². The quantitative estimate of drug-likeness (QED) is 0.0465. The first kappa shape index (κ1) is 79.3. The molecule has 102 heavy (non-hydrogen) atoms. The molecule has 3 aromatic rings. The van der Waals surface area contributed by atoms with E-state index in [9.17, 15) is 63.3 Å². The van der Waals surface area contributed by atoms with Gasteiger partial charge in [0.25, 0.3) is 7.82 Å². The third-order valence-corrected chi connectivity index (χ3v) is 23.9. The second kappa shape index (κ2) is 30.9. The molecule has 6 aliphatic heterocycles. The van der Waals surface area contributed by atoms with Crippen LogP contribution in [0.25, 0.3) is 11.0 Å². The summed E-state index contributed by atoms with van der Waals surface area (Å²) in [7, 11) is -5.35. The van der Waals surface area contributed by atoms with Crippen molar-refractivity contribution in [3.8, 4) is 5.00 Å². The Bertz CT molecular complexity index is 4150. The van der Waals surface area contributed by atoms with E-state index in [1.165, 1.54) is 36.3 Å². The molecule has 15 atom stereocenters. The van der Waals surface area contributed by atoms with Crippen LogP contribution >= 0.6 is 7.82 Å². The number of fused-ring (bicyclic) bond motifs is 7. The number of pyridine rings is 1. The number of nitrogens with zero attached hydrogens (tertiary/aromatic N) is 8. The van der Waals surface area contributed by atoms with Crippen LogP contribution in [0, 0.1) is 69.4 Å². The number of aromatic carboxylic acids is 1. The minimum atomic E-state index is -5.35. The number of aliphatic hydroxyl groups is 2. The Labute approximate surface area is 597 Å². The number of phosphoric acid groups is 1. The number of amides is 7. The predicted octanol–water partition coefficient (Wildman–Crippen LogP) is 3.50. The first-order valence-electron chi connectivity index (χ1n) is 33.5. The Kier molecular flexibility index (Phi) is 24.0. The number of benzene rings is 1. The number of ether oxygens (including phenoxy) is 1. The molecule has 7 amide bonds. The number of aliphatic imine (C=N–C) groups is 3. The number of carboxylic acids is 1. The Balaban J connectivity index is 0.00000136. The second-order valence-electron chi connectivity index (χ2n) is 28.8. The number of nitrogens with two attached hydrogens (primary N) is 6. The van der Waals surface area contributed by atoms with Crippen molar-refractivity contribution in [1.82, 2.24) is 23.8 Å². The fraction of sp³-hybridized carbons (Fsp3) is 0.565. The maximum atomic E-state index is 14.5. The van der Waals surface area contributed by atoms with Gasteiger partial charge in [0.1, 0.15) is 18.3 Å². The van der Waals surface area contributed by atoms with E-state index in [1.807, 2.05) is 53.7 Å². The number of hydrogen-bond donors (Lipinski definition) is 10. The van der Waals surface area contributed by atoms with Crippen LogP contribution in [0.2, 0.25) is 0 Å².